The van der Waals surface area contributed by atoms with Gasteiger partial charge in [-0.1, -0.05) is 29.8 Å². The minimum absolute atomic E-state index is 0.0656. The van der Waals surface area contributed by atoms with Gasteiger partial charge in [-0.05, 0) is 42.0 Å². The zero-order valence-corrected chi connectivity index (χ0v) is 12.9. The highest BCUT2D eigenvalue weighted by Gasteiger charge is 2.08. The van der Waals surface area contributed by atoms with Gasteiger partial charge in [0, 0.05) is 16.8 Å². The summed E-state index contributed by atoms with van der Waals surface area (Å²) in [5.41, 5.74) is 1.12. The van der Waals surface area contributed by atoms with E-state index in [-0.39, 0.29) is 4.90 Å². The predicted molar refractivity (Wildman–Crippen MR) is 86.9 cm³/mol. The number of amides is 1. The number of rotatable bonds is 4. The monoisotopic (exact) mass is 336 g/mol. The molecule has 0 aliphatic heterocycles. The first-order valence-electron chi connectivity index (χ1n) is 6.22. The van der Waals surface area contributed by atoms with Crippen molar-refractivity contribution in [1.29, 1.82) is 0 Å². The molecule has 0 bridgehead atoms. The normalized spacial score (nSPS) is 11.5. The molecule has 2 aromatic carbocycles. The fourth-order valence-electron chi connectivity index (χ4n) is 1.72. The van der Waals surface area contributed by atoms with E-state index in [4.69, 9.17) is 16.7 Å². The van der Waals surface area contributed by atoms with E-state index in [1.165, 1.54) is 24.3 Å². The molecule has 0 atom stereocenters. The lowest BCUT2D eigenvalue weighted by Gasteiger charge is -2.04. The Bertz CT molecular complexity index is 832. The van der Waals surface area contributed by atoms with Crippen LogP contribution in [0, 0.1) is 0 Å². The number of nitrogens with one attached hydrogen (secondary N) is 1. The Kier molecular flexibility index (Phi) is 4.97. The first kappa shape index (κ1) is 16.2. The third-order valence-electron chi connectivity index (χ3n) is 2.71. The van der Waals surface area contributed by atoms with Gasteiger partial charge in [0.15, 0.2) is 0 Å². The lowest BCUT2D eigenvalue weighted by molar-refractivity contribution is -0.111. The largest absolute Gasteiger partial charge is 0.322 e. The minimum atomic E-state index is -3.81. The van der Waals surface area contributed by atoms with E-state index in [0.29, 0.717) is 10.7 Å². The van der Waals surface area contributed by atoms with Gasteiger partial charge >= 0.3 is 0 Å². The van der Waals surface area contributed by atoms with Crippen LogP contribution in [0.2, 0.25) is 5.02 Å². The second-order valence-corrected chi connectivity index (χ2v) is 6.45. The van der Waals surface area contributed by atoms with E-state index in [1.807, 2.05) is 0 Å². The summed E-state index contributed by atoms with van der Waals surface area (Å²) in [4.78, 5) is 11.8. The molecule has 1 amide bonds. The van der Waals surface area contributed by atoms with Crippen molar-refractivity contribution in [1.82, 2.24) is 0 Å². The highest BCUT2D eigenvalue weighted by molar-refractivity contribution is 7.89. The number of benzene rings is 2. The summed E-state index contributed by atoms with van der Waals surface area (Å²) in [7, 11) is -3.81. The number of anilines is 1. The highest BCUT2D eigenvalue weighted by Crippen LogP contribution is 2.15. The molecule has 2 aromatic rings. The number of carbonyl (C=O) groups is 1. The van der Waals surface area contributed by atoms with Crippen molar-refractivity contribution in [2.75, 3.05) is 5.32 Å². The van der Waals surface area contributed by atoms with Crippen molar-refractivity contribution >= 4 is 39.3 Å². The van der Waals surface area contributed by atoms with Crippen LogP contribution in [-0.4, -0.2) is 14.3 Å². The molecule has 0 aromatic heterocycles. The Morgan fingerprint density at radius 3 is 2.55 bits per heavy atom. The number of hydrogen-bond donors (Lipinski definition) is 2. The number of nitrogens with two attached hydrogens (primary N) is 1. The van der Waals surface area contributed by atoms with E-state index in [2.05, 4.69) is 5.32 Å². The van der Waals surface area contributed by atoms with Crippen LogP contribution in [0.4, 0.5) is 5.69 Å². The number of halogens is 1. The molecular formula is C15H13ClN2O3S. The number of primary sulfonamides is 1. The number of sulfonamides is 1. The van der Waals surface area contributed by atoms with Crippen molar-refractivity contribution in [2.45, 2.75) is 4.90 Å². The summed E-state index contributed by atoms with van der Waals surface area (Å²) in [5, 5.41) is 8.17. The third-order valence-corrected chi connectivity index (χ3v) is 3.85. The van der Waals surface area contributed by atoms with Gasteiger partial charge in [-0.15, -0.1) is 0 Å². The summed E-state index contributed by atoms with van der Waals surface area (Å²) < 4.78 is 22.5. The molecule has 0 spiro atoms. The molecule has 0 radical (unpaired) electrons. The van der Waals surface area contributed by atoms with Crippen LogP contribution in [-0.2, 0) is 14.8 Å². The highest BCUT2D eigenvalue weighted by atomic mass is 35.5. The van der Waals surface area contributed by atoms with Crippen molar-refractivity contribution in [3.63, 3.8) is 0 Å². The summed E-state index contributed by atoms with van der Waals surface area (Å²) >= 11 is 5.85. The van der Waals surface area contributed by atoms with Crippen LogP contribution in [0.5, 0.6) is 0 Å². The molecule has 0 unspecified atom stereocenters. The molecule has 0 heterocycles. The lowest BCUT2D eigenvalue weighted by atomic mass is 10.2. The molecular weight excluding hydrogens is 324 g/mol. The molecule has 0 fully saturated rings. The minimum Gasteiger partial charge on any atom is -0.322 e. The van der Waals surface area contributed by atoms with Gasteiger partial charge in [0.2, 0.25) is 15.9 Å². The molecule has 2 rings (SSSR count). The quantitative estimate of drug-likeness (QED) is 0.841. The molecule has 3 N–H and O–H groups in total. The van der Waals surface area contributed by atoms with E-state index in [9.17, 15) is 13.2 Å². The third kappa shape index (κ3) is 4.70. The fourth-order valence-corrected chi connectivity index (χ4v) is 2.48. The second-order valence-electron chi connectivity index (χ2n) is 4.45. The lowest BCUT2D eigenvalue weighted by Crippen LogP contribution is -2.13. The Morgan fingerprint density at radius 2 is 1.86 bits per heavy atom. The van der Waals surface area contributed by atoms with Crippen molar-refractivity contribution < 1.29 is 13.2 Å². The van der Waals surface area contributed by atoms with Gasteiger partial charge in [0.25, 0.3) is 0 Å². The Hall–Kier alpha value is -2.15. The van der Waals surface area contributed by atoms with Crippen molar-refractivity contribution in [3.8, 4) is 0 Å². The van der Waals surface area contributed by atoms with Crippen LogP contribution in [0.25, 0.3) is 6.08 Å². The van der Waals surface area contributed by atoms with Gasteiger partial charge in [-0.2, -0.15) is 0 Å². The maximum atomic E-state index is 11.8. The van der Waals surface area contributed by atoms with Crippen LogP contribution >= 0.6 is 11.6 Å². The van der Waals surface area contributed by atoms with E-state index in [0.717, 1.165) is 5.56 Å². The molecule has 7 heteroatoms. The van der Waals surface area contributed by atoms with Crippen LogP contribution in [0.15, 0.2) is 59.5 Å². The van der Waals surface area contributed by atoms with Gasteiger partial charge in [0.05, 0.1) is 4.90 Å². The zero-order chi connectivity index (χ0) is 16.2. The summed E-state index contributed by atoms with van der Waals surface area (Å²) in [6.45, 7) is 0. The maximum Gasteiger partial charge on any atom is 0.248 e. The Labute approximate surface area is 133 Å². The average Bonchev–Trinajstić information content (AvgIpc) is 2.45. The first-order valence-corrected chi connectivity index (χ1v) is 8.14. The second kappa shape index (κ2) is 6.74. The van der Waals surface area contributed by atoms with Crippen LogP contribution in [0.3, 0.4) is 0 Å². The molecule has 114 valence electrons. The molecule has 22 heavy (non-hydrogen) atoms. The zero-order valence-electron chi connectivity index (χ0n) is 11.4. The van der Waals surface area contributed by atoms with E-state index in [1.54, 1.807) is 36.4 Å². The van der Waals surface area contributed by atoms with Gasteiger partial charge in [-0.3, -0.25) is 4.79 Å². The standard InChI is InChI=1S/C15H13ClN2O3S/c16-12-4-1-3-11(9-12)7-8-15(19)18-13-5-2-6-14(10-13)22(17,20)21/h1-10H,(H,18,19)(H2,17,20,21)/b8-7+. The Morgan fingerprint density at radius 1 is 1.14 bits per heavy atom. The molecule has 0 saturated heterocycles. The fraction of sp³-hybridized carbons (Fsp3) is 0. The topological polar surface area (TPSA) is 89.3 Å². The van der Waals surface area contributed by atoms with Gasteiger partial charge in [-0.25, -0.2) is 13.6 Å². The van der Waals surface area contributed by atoms with Gasteiger partial charge in [0.1, 0.15) is 0 Å². The van der Waals surface area contributed by atoms with Gasteiger partial charge < -0.3 is 5.32 Å². The SMILES string of the molecule is NS(=O)(=O)c1cccc(NC(=O)/C=C/c2cccc(Cl)c2)c1. The Balaban J connectivity index is 2.09. The summed E-state index contributed by atoms with van der Waals surface area (Å²) in [6.07, 6.45) is 2.93. The van der Waals surface area contributed by atoms with Crippen molar-refractivity contribution in [3.05, 3.63) is 65.2 Å². The molecule has 0 aliphatic carbocycles. The number of carbonyl (C=O) groups excluding carboxylic acids is 1. The predicted octanol–water partition coefficient (Wildman–Crippen LogP) is 2.64. The van der Waals surface area contributed by atoms with Crippen LogP contribution < -0.4 is 10.5 Å². The van der Waals surface area contributed by atoms with E-state index >= 15 is 0 Å². The molecule has 0 aliphatic rings. The average molecular weight is 337 g/mol. The van der Waals surface area contributed by atoms with Crippen molar-refractivity contribution in [2.24, 2.45) is 5.14 Å². The summed E-state index contributed by atoms with van der Waals surface area (Å²) in [6, 6.07) is 12.7. The van der Waals surface area contributed by atoms with E-state index < -0.39 is 15.9 Å². The maximum absolute atomic E-state index is 11.8. The summed E-state index contributed by atoms with van der Waals surface area (Å²) in [5.74, 6) is -0.397. The number of hydrogen-bond acceptors (Lipinski definition) is 3. The molecule has 0 saturated carbocycles. The smallest absolute Gasteiger partial charge is 0.248 e. The molecule has 5 nitrogen and oxygen atoms in total. The first-order chi connectivity index (χ1) is 10.3. The van der Waals surface area contributed by atoms with Crippen LogP contribution in [0.1, 0.15) is 5.56 Å².